The minimum atomic E-state index is -1.31. The van der Waals surface area contributed by atoms with Crippen LogP contribution in [0.5, 0.6) is 0 Å². The lowest BCUT2D eigenvalue weighted by atomic mass is 9.14. The molecule has 0 aromatic carbocycles. The zero-order chi connectivity index (χ0) is 17.1. The molecule has 3 unspecified atom stereocenters. The van der Waals surface area contributed by atoms with Crippen molar-refractivity contribution in [3.8, 4) is 0 Å². The van der Waals surface area contributed by atoms with Crippen LogP contribution >= 0.6 is 0 Å². The Morgan fingerprint density at radius 2 is 1.41 bits per heavy atom. The fourth-order valence-corrected chi connectivity index (χ4v) is 15.2. The van der Waals surface area contributed by atoms with Gasteiger partial charge in [0.1, 0.15) is 20.1 Å². The third kappa shape index (κ3) is 2.80. The summed E-state index contributed by atoms with van der Waals surface area (Å²) in [5.41, 5.74) is 1.04. The van der Waals surface area contributed by atoms with Crippen LogP contribution in [-0.4, -0.2) is 28.2 Å². The summed E-state index contributed by atoms with van der Waals surface area (Å²) >= 11 is 0. The van der Waals surface area contributed by atoms with Crippen LogP contribution in [0.25, 0.3) is 0 Å². The fraction of sp³-hybridized carbons (Fsp3) is 1.00. The van der Waals surface area contributed by atoms with Crippen molar-refractivity contribution in [3.05, 3.63) is 0 Å². The van der Waals surface area contributed by atoms with Gasteiger partial charge in [-0.3, -0.25) is 0 Å². The van der Waals surface area contributed by atoms with E-state index < -0.39 is 8.07 Å². The molecule has 1 heterocycles. The van der Waals surface area contributed by atoms with E-state index in [1.165, 1.54) is 38.0 Å². The normalized spacial score (nSPS) is 30.7. The summed E-state index contributed by atoms with van der Waals surface area (Å²) in [4.78, 5) is 0.678. The summed E-state index contributed by atoms with van der Waals surface area (Å²) in [7, 11) is -1.31. The maximum atomic E-state index is 2.78. The van der Waals surface area contributed by atoms with Crippen LogP contribution in [0.4, 0.5) is 0 Å². The summed E-state index contributed by atoms with van der Waals surface area (Å²) in [5, 5.41) is 0. The molecule has 1 aliphatic rings. The van der Waals surface area contributed by atoms with Gasteiger partial charge in [0.2, 0.25) is 0 Å². The molecule has 1 aliphatic heterocycles. The average Bonchev–Trinajstić information content (AvgIpc) is 2.67. The molecule has 0 amide bonds. The van der Waals surface area contributed by atoms with Crippen LogP contribution in [0.15, 0.2) is 0 Å². The van der Waals surface area contributed by atoms with Crippen molar-refractivity contribution < 1.29 is 0 Å². The molecule has 0 aliphatic carbocycles. The SMILES string of the molecule is CCB(CC)C1C(C)B(CC)C(CC)(B(CC)CC)[Si]1(C)C. The highest BCUT2D eigenvalue weighted by Crippen LogP contribution is 2.66. The molecule has 0 radical (unpaired) electrons. The molecule has 1 saturated heterocycles. The van der Waals surface area contributed by atoms with Gasteiger partial charge < -0.3 is 0 Å². The molecule has 126 valence electrons. The van der Waals surface area contributed by atoms with Crippen LogP contribution < -0.4 is 0 Å². The zero-order valence-electron chi connectivity index (χ0n) is 17.1. The largest absolute Gasteiger partial charge is 0.139 e. The summed E-state index contributed by atoms with van der Waals surface area (Å²) in [6, 6.07) is 0. The van der Waals surface area contributed by atoms with E-state index >= 15 is 0 Å². The third-order valence-electron chi connectivity index (χ3n) is 8.19. The first kappa shape index (κ1) is 20.5. The van der Waals surface area contributed by atoms with Crippen molar-refractivity contribution in [3.63, 3.8) is 0 Å². The maximum absolute atomic E-state index is 2.78. The van der Waals surface area contributed by atoms with E-state index in [0.717, 1.165) is 31.4 Å². The van der Waals surface area contributed by atoms with E-state index in [2.05, 4.69) is 61.6 Å². The molecule has 0 aromatic heterocycles. The van der Waals surface area contributed by atoms with Gasteiger partial charge in [0, 0.05) is 8.07 Å². The molecule has 0 N–H and O–H groups in total. The van der Waals surface area contributed by atoms with Crippen LogP contribution in [-0.2, 0) is 0 Å². The predicted molar refractivity (Wildman–Crippen MR) is 113 cm³/mol. The molecule has 3 atom stereocenters. The first-order valence-electron chi connectivity index (χ1n) is 10.3. The summed E-state index contributed by atoms with van der Waals surface area (Å²) in [5.74, 6) is 0.942. The van der Waals surface area contributed by atoms with Crippen molar-refractivity contribution in [2.24, 2.45) is 0 Å². The Morgan fingerprint density at radius 1 is 0.909 bits per heavy atom. The Hall–Kier alpha value is 0.412. The highest BCUT2D eigenvalue weighted by atomic mass is 28.3. The van der Waals surface area contributed by atoms with Gasteiger partial charge in [0.05, 0.1) is 0 Å². The molecular weight excluding hydrogens is 277 g/mol. The maximum Gasteiger partial charge on any atom is 0.139 e. The van der Waals surface area contributed by atoms with Gasteiger partial charge in [0.15, 0.2) is 0 Å². The Bertz CT molecular complexity index is 339. The summed E-state index contributed by atoms with van der Waals surface area (Å²) < 4.78 is 0. The molecule has 0 spiro atoms. The monoisotopic (exact) mass is 318 g/mol. The predicted octanol–water partition coefficient (Wildman–Crippen LogP) is 6.82. The smallest absolute Gasteiger partial charge is 0.0773 e. The highest BCUT2D eigenvalue weighted by molar-refractivity contribution is 7.14. The van der Waals surface area contributed by atoms with Crippen LogP contribution in [0.2, 0.25) is 60.8 Å². The summed E-state index contributed by atoms with van der Waals surface area (Å²) in [6.45, 7) is 25.9. The minimum absolute atomic E-state index is 0.678. The Labute approximate surface area is 144 Å². The van der Waals surface area contributed by atoms with Crippen LogP contribution in [0, 0.1) is 0 Å². The van der Waals surface area contributed by atoms with Crippen molar-refractivity contribution in [2.75, 3.05) is 0 Å². The van der Waals surface area contributed by atoms with Gasteiger partial charge in [-0.2, -0.15) is 0 Å². The molecule has 0 bridgehead atoms. The van der Waals surface area contributed by atoms with E-state index in [1.54, 1.807) is 0 Å². The first-order valence-corrected chi connectivity index (χ1v) is 13.4. The molecule has 1 fully saturated rings. The molecule has 4 heteroatoms. The quantitative estimate of drug-likeness (QED) is 0.431. The average molecular weight is 318 g/mol. The second-order valence-corrected chi connectivity index (χ2v) is 13.6. The van der Waals surface area contributed by atoms with Gasteiger partial charge in [-0.1, -0.05) is 116 Å². The van der Waals surface area contributed by atoms with Crippen molar-refractivity contribution >= 4 is 28.2 Å². The number of rotatable bonds is 8. The Morgan fingerprint density at radius 3 is 1.73 bits per heavy atom. The van der Waals surface area contributed by atoms with Crippen molar-refractivity contribution in [2.45, 2.75) is 116 Å². The lowest BCUT2D eigenvalue weighted by molar-refractivity contribution is 0.857. The molecule has 0 aromatic rings. The van der Waals surface area contributed by atoms with Gasteiger partial charge in [-0.15, -0.1) is 0 Å². The minimum Gasteiger partial charge on any atom is -0.0773 e. The Balaban J connectivity index is 3.47. The van der Waals surface area contributed by atoms with E-state index in [-0.39, 0.29) is 0 Å². The molecule has 0 saturated carbocycles. The van der Waals surface area contributed by atoms with E-state index in [4.69, 9.17) is 0 Å². The number of hydrogen-bond acceptors (Lipinski definition) is 0. The second-order valence-electron chi connectivity index (χ2n) is 8.61. The molecule has 0 nitrogen and oxygen atoms in total. The lowest BCUT2D eigenvalue weighted by Crippen LogP contribution is -2.56. The molecule has 22 heavy (non-hydrogen) atoms. The van der Waals surface area contributed by atoms with Gasteiger partial charge >= 0.3 is 0 Å². The fourth-order valence-electron chi connectivity index (χ4n) is 7.57. The van der Waals surface area contributed by atoms with Gasteiger partial charge in [-0.05, 0) is 0 Å². The van der Waals surface area contributed by atoms with Crippen molar-refractivity contribution in [1.29, 1.82) is 0 Å². The topological polar surface area (TPSA) is 0 Å². The second kappa shape index (κ2) is 7.99. The number of hydrogen-bond donors (Lipinski definition) is 0. The van der Waals surface area contributed by atoms with Crippen LogP contribution in [0.3, 0.4) is 0 Å². The van der Waals surface area contributed by atoms with Gasteiger partial charge in [-0.25, -0.2) is 0 Å². The van der Waals surface area contributed by atoms with E-state index in [0.29, 0.717) is 4.84 Å². The molecule has 1 rings (SSSR count). The highest BCUT2D eigenvalue weighted by Gasteiger charge is 2.67. The summed E-state index contributed by atoms with van der Waals surface area (Å²) in [6.07, 6.45) is 8.39. The molecular formula is C18H41B3Si. The first-order chi connectivity index (χ1) is 10.3. The van der Waals surface area contributed by atoms with Gasteiger partial charge in [0.25, 0.3) is 0 Å². The third-order valence-corrected chi connectivity index (χ3v) is 14.4. The van der Waals surface area contributed by atoms with E-state index in [9.17, 15) is 0 Å². The van der Waals surface area contributed by atoms with Crippen molar-refractivity contribution in [1.82, 2.24) is 0 Å². The Kier molecular flexibility index (Phi) is 7.43. The standard InChI is InChI=1S/C18H41B3Si/c1-10-18(20(13-4)14-5)21(15-6)16(7)17(22(18,8)9)19(11-2)12-3/h16-17H,10-15H2,1-9H3. The van der Waals surface area contributed by atoms with Crippen LogP contribution in [0.1, 0.15) is 54.9 Å². The zero-order valence-corrected chi connectivity index (χ0v) is 18.1. The van der Waals surface area contributed by atoms with E-state index in [1.807, 2.05) is 0 Å². The lowest BCUT2D eigenvalue weighted by Gasteiger charge is -2.50.